The van der Waals surface area contributed by atoms with Gasteiger partial charge in [0, 0.05) is 13.1 Å². The number of rotatable bonds is 4. The molecule has 4 nitrogen and oxygen atoms in total. The number of hydrogen-bond donors (Lipinski definition) is 1. The first-order valence-electron chi connectivity index (χ1n) is 8.49. The first-order valence-corrected chi connectivity index (χ1v) is 8.49. The Labute approximate surface area is 176 Å². The Balaban J connectivity index is 0.00000392. The van der Waals surface area contributed by atoms with Gasteiger partial charge in [-0.3, -0.25) is 4.99 Å². The number of hydrogen-bond acceptors (Lipinski definition) is 2. The minimum atomic E-state index is -4.46. The number of alkyl halides is 6. The number of halogens is 7. The zero-order valence-corrected chi connectivity index (χ0v) is 17.4. The molecule has 0 aliphatic carbocycles. The number of morpholine rings is 1. The number of ether oxygens (including phenoxy) is 1. The molecule has 1 saturated heterocycles. The van der Waals surface area contributed by atoms with Crippen LogP contribution in [0.1, 0.15) is 30.6 Å². The largest absolute Gasteiger partial charge is 0.416 e. The van der Waals surface area contributed by atoms with E-state index >= 15 is 0 Å². The van der Waals surface area contributed by atoms with E-state index in [1.54, 1.807) is 11.8 Å². The van der Waals surface area contributed by atoms with E-state index in [0.717, 1.165) is 12.1 Å². The van der Waals surface area contributed by atoms with E-state index in [0.29, 0.717) is 24.6 Å². The molecule has 0 saturated carbocycles. The second kappa shape index (κ2) is 10.5. The molecule has 1 aromatic carbocycles. The van der Waals surface area contributed by atoms with Gasteiger partial charge in [-0.15, -0.1) is 24.0 Å². The van der Waals surface area contributed by atoms with Crippen LogP contribution in [0.2, 0.25) is 0 Å². The van der Waals surface area contributed by atoms with Crippen molar-refractivity contribution in [2.24, 2.45) is 4.99 Å². The minimum Gasteiger partial charge on any atom is -0.370 e. The molecule has 1 aliphatic heterocycles. The van der Waals surface area contributed by atoms with Crippen LogP contribution in [-0.4, -0.2) is 49.8 Å². The van der Waals surface area contributed by atoms with Crippen LogP contribution in [-0.2, 0) is 10.9 Å². The Morgan fingerprint density at radius 2 is 1.96 bits per heavy atom. The quantitative estimate of drug-likeness (QED) is 0.270. The summed E-state index contributed by atoms with van der Waals surface area (Å²) in [6, 6.07) is 4.86. The minimum absolute atomic E-state index is 0. The first kappa shape index (κ1) is 24.8. The summed E-state index contributed by atoms with van der Waals surface area (Å²) in [5, 5.41) is 2.92. The lowest BCUT2D eigenvalue weighted by atomic mass is 10.0. The standard InChI is InChI=1S/C17H21F6N3O.HI/c1-2-24-15(25-7-6-16(18,19)20)26-8-9-27-14(11-26)12-4-3-5-13(10-12)17(21,22)23;/h3-5,10,14H,2,6-9,11H2,1H3,(H,24,25);1H. The Bertz CT molecular complexity index is 651. The smallest absolute Gasteiger partial charge is 0.370 e. The van der Waals surface area contributed by atoms with Gasteiger partial charge in [0.15, 0.2) is 5.96 Å². The Morgan fingerprint density at radius 1 is 1.25 bits per heavy atom. The number of guanidine groups is 1. The number of nitrogens with zero attached hydrogens (tertiary/aromatic N) is 2. The highest BCUT2D eigenvalue weighted by molar-refractivity contribution is 14.0. The monoisotopic (exact) mass is 525 g/mol. The summed E-state index contributed by atoms with van der Waals surface area (Å²) in [4.78, 5) is 5.69. The van der Waals surface area contributed by atoms with Crippen molar-refractivity contribution >= 4 is 29.9 Å². The van der Waals surface area contributed by atoms with E-state index < -0.39 is 37.0 Å². The van der Waals surface area contributed by atoms with Crippen molar-refractivity contribution in [2.45, 2.75) is 31.8 Å². The molecule has 1 unspecified atom stereocenters. The molecule has 1 fully saturated rings. The summed E-state index contributed by atoms with van der Waals surface area (Å²) in [5.41, 5.74) is -0.410. The van der Waals surface area contributed by atoms with Crippen LogP contribution in [0.5, 0.6) is 0 Å². The zero-order chi connectivity index (χ0) is 20.1. The molecule has 11 heteroatoms. The molecule has 28 heavy (non-hydrogen) atoms. The van der Waals surface area contributed by atoms with Gasteiger partial charge in [-0.1, -0.05) is 12.1 Å². The predicted octanol–water partition coefficient (Wildman–Crippen LogP) is 4.61. The summed E-state index contributed by atoms with van der Waals surface area (Å²) < 4.78 is 81.3. The zero-order valence-electron chi connectivity index (χ0n) is 15.1. The molecule has 1 aliphatic rings. The van der Waals surface area contributed by atoms with Crippen molar-refractivity contribution < 1.29 is 31.1 Å². The molecule has 1 N–H and O–H groups in total. The van der Waals surface area contributed by atoms with Crippen LogP contribution in [0.25, 0.3) is 0 Å². The van der Waals surface area contributed by atoms with Gasteiger partial charge in [-0.2, -0.15) is 26.3 Å². The van der Waals surface area contributed by atoms with E-state index in [9.17, 15) is 26.3 Å². The average Bonchev–Trinajstić information content (AvgIpc) is 2.59. The van der Waals surface area contributed by atoms with Gasteiger partial charge in [0.1, 0.15) is 6.10 Å². The van der Waals surface area contributed by atoms with Crippen LogP contribution in [0.4, 0.5) is 26.3 Å². The topological polar surface area (TPSA) is 36.9 Å². The second-order valence-corrected chi connectivity index (χ2v) is 6.03. The second-order valence-electron chi connectivity index (χ2n) is 6.03. The SMILES string of the molecule is CCNC(=NCCC(F)(F)F)N1CCOC(c2cccc(C(F)(F)F)c2)C1.I. The molecule has 0 aromatic heterocycles. The highest BCUT2D eigenvalue weighted by atomic mass is 127. The lowest BCUT2D eigenvalue weighted by Gasteiger charge is -2.35. The lowest BCUT2D eigenvalue weighted by Crippen LogP contribution is -2.48. The van der Waals surface area contributed by atoms with E-state index in [1.807, 2.05) is 0 Å². The number of aliphatic imine (C=N–C) groups is 1. The third kappa shape index (κ3) is 7.64. The maximum absolute atomic E-state index is 12.9. The lowest BCUT2D eigenvalue weighted by molar-refractivity contribution is -0.137. The van der Waals surface area contributed by atoms with Crippen molar-refractivity contribution in [3.8, 4) is 0 Å². The van der Waals surface area contributed by atoms with Crippen molar-refractivity contribution in [1.82, 2.24) is 10.2 Å². The molecular weight excluding hydrogens is 503 g/mol. The van der Waals surface area contributed by atoms with Gasteiger partial charge in [0.05, 0.1) is 31.7 Å². The van der Waals surface area contributed by atoms with Gasteiger partial charge < -0.3 is 15.0 Å². The van der Waals surface area contributed by atoms with Crippen molar-refractivity contribution in [2.75, 3.05) is 32.8 Å². The van der Waals surface area contributed by atoms with Crippen molar-refractivity contribution in [3.63, 3.8) is 0 Å². The molecule has 160 valence electrons. The maximum Gasteiger partial charge on any atom is 0.416 e. The average molecular weight is 525 g/mol. The van der Waals surface area contributed by atoms with Gasteiger partial charge in [0.2, 0.25) is 0 Å². The van der Waals surface area contributed by atoms with Crippen molar-refractivity contribution in [1.29, 1.82) is 0 Å². The van der Waals surface area contributed by atoms with E-state index in [1.165, 1.54) is 12.1 Å². The van der Waals surface area contributed by atoms with Crippen LogP contribution >= 0.6 is 24.0 Å². The third-order valence-electron chi connectivity index (χ3n) is 3.94. The van der Waals surface area contributed by atoms with Gasteiger partial charge in [-0.25, -0.2) is 0 Å². The highest BCUT2D eigenvalue weighted by Crippen LogP contribution is 2.32. The molecule has 1 atom stereocenters. The molecule has 1 heterocycles. The molecule has 0 radical (unpaired) electrons. The Kier molecular flexibility index (Phi) is 9.31. The molecule has 2 rings (SSSR count). The summed E-state index contributed by atoms with van der Waals surface area (Å²) in [5.74, 6) is 0.294. The number of benzene rings is 1. The maximum atomic E-state index is 12.9. The van der Waals surface area contributed by atoms with Crippen LogP contribution < -0.4 is 5.32 Å². The fourth-order valence-electron chi connectivity index (χ4n) is 2.67. The summed E-state index contributed by atoms with van der Waals surface area (Å²) in [6.07, 6.45) is -10.4. The molecule has 0 bridgehead atoms. The molecule has 0 amide bonds. The molecule has 0 spiro atoms. The first-order chi connectivity index (χ1) is 12.6. The van der Waals surface area contributed by atoms with Gasteiger partial charge in [0.25, 0.3) is 0 Å². The fourth-order valence-corrected chi connectivity index (χ4v) is 2.67. The summed E-state index contributed by atoms with van der Waals surface area (Å²) >= 11 is 0. The Morgan fingerprint density at radius 3 is 2.57 bits per heavy atom. The normalized spacial score (nSPS) is 18.6. The third-order valence-corrected chi connectivity index (χ3v) is 3.94. The van der Waals surface area contributed by atoms with Gasteiger partial charge >= 0.3 is 12.4 Å². The van der Waals surface area contributed by atoms with E-state index in [4.69, 9.17) is 4.74 Å². The van der Waals surface area contributed by atoms with Crippen molar-refractivity contribution in [3.05, 3.63) is 35.4 Å². The summed E-state index contributed by atoms with van der Waals surface area (Å²) in [7, 11) is 0. The van der Waals surface area contributed by atoms with Crippen LogP contribution in [0.3, 0.4) is 0 Å². The Hall–Kier alpha value is -1.24. The fraction of sp³-hybridized carbons (Fsp3) is 0.588. The van der Waals surface area contributed by atoms with Crippen LogP contribution in [0.15, 0.2) is 29.3 Å². The van der Waals surface area contributed by atoms with E-state index in [2.05, 4.69) is 10.3 Å². The predicted molar refractivity (Wildman–Crippen MR) is 104 cm³/mol. The van der Waals surface area contributed by atoms with Crippen LogP contribution in [0, 0.1) is 0 Å². The van der Waals surface area contributed by atoms with Gasteiger partial charge in [-0.05, 0) is 24.6 Å². The number of nitrogens with one attached hydrogen (secondary N) is 1. The highest BCUT2D eigenvalue weighted by Gasteiger charge is 2.32. The molecular formula is C17H22F6IN3O. The molecule has 1 aromatic rings. The summed E-state index contributed by atoms with van der Waals surface area (Å²) in [6.45, 7) is 2.62. The van der Waals surface area contributed by atoms with E-state index in [-0.39, 0.29) is 37.1 Å².